The van der Waals surface area contributed by atoms with Crippen LogP contribution >= 0.6 is 0 Å². The van der Waals surface area contributed by atoms with Crippen LogP contribution < -0.4 is 0 Å². The van der Waals surface area contributed by atoms with Gasteiger partial charge in [-0.2, -0.15) is 0 Å². The Morgan fingerprint density at radius 2 is 2.33 bits per heavy atom. The van der Waals surface area contributed by atoms with Crippen molar-refractivity contribution in [3.05, 3.63) is 10.1 Å². The second-order valence-corrected chi connectivity index (χ2v) is 3.52. The van der Waals surface area contributed by atoms with Crippen molar-refractivity contribution in [2.75, 3.05) is 7.11 Å². The van der Waals surface area contributed by atoms with Gasteiger partial charge in [0.2, 0.25) is 6.04 Å². The maximum atomic E-state index is 11.0. The minimum atomic E-state index is -0.485. The van der Waals surface area contributed by atoms with Gasteiger partial charge in [-0.1, -0.05) is 0 Å². The number of hydrogen-bond donors (Lipinski definition) is 0. The molecule has 2 fully saturated rings. The van der Waals surface area contributed by atoms with Crippen LogP contribution in [0.5, 0.6) is 0 Å². The van der Waals surface area contributed by atoms with Gasteiger partial charge >= 0.3 is 5.97 Å². The SMILES string of the molecule is COC(=O)C1CC12CC2[N+](=O)[O-]. The first kappa shape index (κ1) is 7.52. The van der Waals surface area contributed by atoms with Crippen molar-refractivity contribution in [2.45, 2.75) is 18.9 Å². The Hall–Kier alpha value is -1.13. The van der Waals surface area contributed by atoms with Crippen LogP contribution in [0, 0.1) is 21.4 Å². The fourth-order valence-corrected chi connectivity index (χ4v) is 1.96. The monoisotopic (exact) mass is 171 g/mol. The van der Waals surface area contributed by atoms with Crippen LogP contribution in [0.2, 0.25) is 0 Å². The number of methoxy groups -OCH3 is 1. The molecule has 0 aromatic carbocycles. The highest BCUT2D eigenvalue weighted by molar-refractivity contribution is 5.78. The zero-order valence-electron chi connectivity index (χ0n) is 6.65. The van der Waals surface area contributed by atoms with Crippen LogP contribution in [0.1, 0.15) is 12.8 Å². The van der Waals surface area contributed by atoms with Crippen LogP contribution in [0.15, 0.2) is 0 Å². The molecule has 3 unspecified atom stereocenters. The summed E-state index contributed by atoms with van der Waals surface area (Å²) >= 11 is 0. The third-order valence-corrected chi connectivity index (χ3v) is 2.94. The summed E-state index contributed by atoms with van der Waals surface area (Å²) in [5.74, 6) is -0.489. The molecule has 2 rings (SSSR count). The van der Waals surface area contributed by atoms with Crippen molar-refractivity contribution >= 4 is 5.97 Å². The molecule has 1 spiro atoms. The molecule has 66 valence electrons. The molecule has 0 amide bonds. The zero-order chi connectivity index (χ0) is 8.93. The molecule has 0 saturated heterocycles. The molecule has 5 heteroatoms. The van der Waals surface area contributed by atoms with E-state index in [1.54, 1.807) is 0 Å². The van der Waals surface area contributed by atoms with E-state index in [0.29, 0.717) is 12.8 Å². The second-order valence-electron chi connectivity index (χ2n) is 3.52. The Balaban J connectivity index is 1.97. The Morgan fingerprint density at radius 3 is 2.75 bits per heavy atom. The summed E-state index contributed by atoms with van der Waals surface area (Å²) < 4.78 is 4.52. The summed E-state index contributed by atoms with van der Waals surface area (Å²) in [5.41, 5.74) is -0.295. The molecular weight excluding hydrogens is 162 g/mol. The zero-order valence-corrected chi connectivity index (χ0v) is 6.65. The molecular formula is C7H9NO4. The molecule has 0 heterocycles. The molecule has 3 atom stereocenters. The van der Waals surface area contributed by atoms with Gasteiger partial charge in [0.15, 0.2) is 0 Å². The van der Waals surface area contributed by atoms with E-state index in [2.05, 4.69) is 4.74 Å². The Morgan fingerprint density at radius 1 is 1.67 bits per heavy atom. The predicted octanol–water partition coefficient (Wildman–Crippen LogP) is 0.215. The lowest BCUT2D eigenvalue weighted by atomic mass is 10.3. The molecule has 0 aliphatic heterocycles. The third-order valence-electron chi connectivity index (χ3n) is 2.94. The lowest BCUT2D eigenvalue weighted by Gasteiger charge is -1.93. The fraction of sp³-hybridized carbons (Fsp3) is 0.857. The van der Waals surface area contributed by atoms with E-state index in [4.69, 9.17) is 0 Å². The smallest absolute Gasteiger partial charge is 0.309 e. The van der Waals surface area contributed by atoms with E-state index in [9.17, 15) is 14.9 Å². The molecule has 0 radical (unpaired) electrons. The van der Waals surface area contributed by atoms with Crippen molar-refractivity contribution in [1.82, 2.24) is 0 Å². The number of carbonyl (C=O) groups excluding carboxylic acids is 1. The molecule has 2 aliphatic carbocycles. The number of nitro groups is 1. The van der Waals surface area contributed by atoms with Crippen molar-refractivity contribution in [3.8, 4) is 0 Å². The molecule has 12 heavy (non-hydrogen) atoms. The average molecular weight is 171 g/mol. The van der Waals surface area contributed by atoms with Crippen LogP contribution in [-0.2, 0) is 9.53 Å². The summed E-state index contributed by atoms with van der Waals surface area (Å²) in [6.07, 6.45) is 1.20. The second kappa shape index (κ2) is 1.97. The summed E-state index contributed by atoms with van der Waals surface area (Å²) in [5, 5.41) is 10.3. The van der Waals surface area contributed by atoms with Gasteiger partial charge in [0.25, 0.3) is 0 Å². The maximum absolute atomic E-state index is 11.0. The molecule has 0 aromatic rings. The van der Waals surface area contributed by atoms with Gasteiger partial charge in [0.05, 0.1) is 18.4 Å². The van der Waals surface area contributed by atoms with Crippen molar-refractivity contribution in [3.63, 3.8) is 0 Å². The number of ether oxygens (including phenoxy) is 1. The first-order valence-corrected chi connectivity index (χ1v) is 3.83. The van der Waals surface area contributed by atoms with Crippen LogP contribution in [0.3, 0.4) is 0 Å². The normalized spacial score (nSPS) is 42.4. The number of nitrogens with zero attached hydrogens (tertiary/aromatic N) is 1. The number of carbonyl (C=O) groups is 1. The largest absolute Gasteiger partial charge is 0.469 e. The van der Waals surface area contributed by atoms with Crippen LogP contribution in [-0.4, -0.2) is 24.0 Å². The number of hydrogen-bond acceptors (Lipinski definition) is 4. The first-order chi connectivity index (χ1) is 5.62. The molecule has 5 nitrogen and oxygen atoms in total. The Bertz CT molecular complexity index is 264. The highest BCUT2D eigenvalue weighted by Gasteiger charge is 2.80. The summed E-state index contributed by atoms with van der Waals surface area (Å²) in [6, 6.07) is -0.485. The fourth-order valence-electron chi connectivity index (χ4n) is 1.96. The maximum Gasteiger partial charge on any atom is 0.309 e. The molecule has 2 aliphatic rings. The quantitative estimate of drug-likeness (QED) is 0.338. The van der Waals surface area contributed by atoms with E-state index in [1.165, 1.54) is 7.11 Å². The minimum Gasteiger partial charge on any atom is -0.469 e. The van der Waals surface area contributed by atoms with E-state index >= 15 is 0 Å². The highest BCUT2D eigenvalue weighted by atomic mass is 16.6. The highest BCUT2D eigenvalue weighted by Crippen LogP contribution is 2.71. The van der Waals surface area contributed by atoms with Gasteiger partial charge in [-0.05, 0) is 6.42 Å². The predicted molar refractivity (Wildman–Crippen MR) is 38.0 cm³/mol. The van der Waals surface area contributed by atoms with E-state index in [1.807, 2.05) is 0 Å². The van der Waals surface area contributed by atoms with Gasteiger partial charge in [0, 0.05) is 11.3 Å². The average Bonchev–Trinajstić information content (AvgIpc) is 2.90. The van der Waals surface area contributed by atoms with Crippen LogP contribution in [0.25, 0.3) is 0 Å². The van der Waals surface area contributed by atoms with Crippen molar-refractivity contribution in [2.24, 2.45) is 11.3 Å². The van der Waals surface area contributed by atoms with Gasteiger partial charge in [-0.15, -0.1) is 0 Å². The number of rotatable bonds is 2. The third kappa shape index (κ3) is 0.761. The summed E-state index contributed by atoms with van der Waals surface area (Å²) in [7, 11) is 1.32. The summed E-state index contributed by atoms with van der Waals surface area (Å²) in [4.78, 5) is 21.0. The standard InChI is InChI=1S/C7H9NO4/c1-12-6(9)4-2-7(4)3-5(7)8(10)11/h4-5H,2-3H2,1H3. The van der Waals surface area contributed by atoms with Gasteiger partial charge in [-0.25, -0.2) is 0 Å². The molecule has 2 saturated carbocycles. The van der Waals surface area contributed by atoms with Crippen molar-refractivity contribution < 1.29 is 14.5 Å². The summed E-state index contributed by atoms with van der Waals surface area (Å²) in [6.45, 7) is 0. The van der Waals surface area contributed by atoms with E-state index in [0.717, 1.165) is 0 Å². The molecule has 0 aromatic heterocycles. The molecule has 0 bridgehead atoms. The topological polar surface area (TPSA) is 69.4 Å². The van der Waals surface area contributed by atoms with Crippen molar-refractivity contribution in [1.29, 1.82) is 0 Å². The Labute approximate surface area is 68.8 Å². The van der Waals surface area contributed by atoms with E-state index < -0.39 is 6.04 Å². The number of esters is 1. The van der Waals surface area contributed by atoms with Gasteiger partial charge < -0.3 is 4.74 Å². The van der Waals surface area contributed by atoms with E-state index in [-0.39, 0.29) is 22.2 Å². The van der Waals surface area contributed by atoms with Crippen LogP contribution in [0.4, 0.5) is 0 Å². The molecule has 0 N–H and O–H groups in total. The first-order valence-electron chi connectivity index (χ1n) is 3.83. The lowest BCUT2D eigenvalue weighted by Crippen LogP contribution is -2.09. The Kier molecular flexibility index (Phi) is 1.23. The minimum absolute atomic E-state index is 0.196. The van der Waals surface area contributed by atoms with Gasteiger partial charge in [-0.3, -0.25) is 14.9 Å². The van der Waals surface area contributed by atoms with Gasteiger partial charge in [0.1, 0.15) is 0 Å². The lowest BCUT2D eigenvalue weighted by molar-refractivity contribution is -0.500.